The van der Waals surface area contributed by atoms with Crippen molar-refractivity contribution >= 4 is 22.6 Å². The molecule has 0 saturated heterocycles. The van der Waals surface area contributed by atoms with Crippen LogP contribution >= 0.6 is 11.6 Å². The van der Waals surface area contributed by atoms with Crippen molar-refractivity contribution in [1.29, 1.82) is 0 Å². The number of hydrogen-bond donors (Lipinski definition) is 1. The third-order valence-corrected chi connectivity index (χ3v) is 3.88. The number of furan rings is 1. The second kappa shape index (κ2) is 4.97. The molecule has 1 unspecified atom stereocenters. The average Bonchev–Trinajstić information content (AvgIpc) is 2.84. The number of aliphatic hydroxyl groups excluding tert-OH is 1. The maximum atomic E-state index is 10.4. The minimum absolute atomic E-state index is 0.533. The summed E-state index contributed by atoms with van der Waals surface area (Å²) in [4.78, 5) is 0. The molecule has 102 valence electrons. The van der Waals surface area contributed by atoms with E-state index >= 15 is 0 Å². The highest BCUT2D eigenvalue weighted by atomic mass is 35.5. The van der Waals surface area contributed by atoms with Crippen molar-refractivity contribution in [3.63, 3.8) is 0 Å². The van der Waals surface area contributed by atoms with E-state index in [2.05, 4.69) is 0 Å². The number of rotatable bonds is 2. The van der Waals surface area contributed by atoms with Crippen molar-refractivity contribution in [2.45, 2.75) is 20.0 Å². The van der Waals surface area contributed by atoms with Crippen molar-refractivity contribution in [3.05, 3.63) is 69.9 Å². The van der Waals surface area contributed by atoms with Crippen LogP contribution in [0.1, 0.15) is 28.6 Å². The zero-order valence-corrected chi connectivity index (χ0v) is 12.1. The first-order valence-corrected chi connectivity index (χ1v) is 6.86. The van der Waals surface area contributed by atoms with Gasteiger partial charge in [0, 0.05) is 10.4 Å². The highest BCUT2D eigenvalue weighted by Gasteiger charge is 2.16. The smallest absolute Gasteiger partial charge is 0.138 e. The molecular weight excluding hydrogens is 272 g/mol. The second-order valence-corrected chi connectivity index (χ2v) is 5.51. The minimum atomic E-state index is -0.805. The van der Waals surface area contributed by atoms with Gasteiger partial charge in [-0.3, -0.25) is 0 Å². The van der Waals surface area contributed by atoms with Crippen molar-refractivity contribution in [2.75, 3.05) is 0 Å². The normalized spacial score (nSPS) is 12.8. The molecule has 1 N–H and O–H groups in total. The number of halogens is 1. The van der Waals surface area contributed by atoms with Gasteiger partial charge in [-0.15, -0.1) is 0 Å². The van der Waals surface area contributed by atoms with Gasteiger partial charge in [0.15, 0.2) is 0 Å². The molecule has 3 rings (SSSR count). The maximum Gasteiger partial charge on any atom is 0.138 e. The van der Waals surface area contributed by atoms with Crippen LogP contribution in [0, 0.1) is 13.8 Å². The van der Waals surface area contributed by atoms with Gasteiger partial charge < -0.3 is 9.52 Å². The number of fused-ring (bicyclic) bond motifs is 1. The van der Waals surface area contributed by atoms with Crippen LogP contribution in [0.15, 0.2) is 46.9 Å². The predicted octanol–water partition coefficient (Wildman–Crippen LogP) is 4.78. The van der Waals surface area contributed by atoms with E-state index in [1.165, 1.54) is 0 Å². The summed E-state index contributed by atoms with van der Waals surface area (Å²) in [6, 6.07) is 13.4. The standard InChI is InChI=1S/C17H15ClO2/c1-10-3-6-15-13(7-10)9-16(20-15)17(19)12-5-4-11(2)14(18)8-12/h3-9,17,19H,1-2H3. The molecule has 3 aromatic rings. The van der Waals surface area contributed by atoms with Crippen LogP contribution in [0.2, 0.25) is 5.02 Å². The summed E-state index contributed by atoms with van der Waals surface area (Å²) in [5.74, 6) is 0.533. The molecule has 0 aliphatic heterocycles. The van der Waals surface area contributed by atoms with Gasteiger partial charge >= 0.3 is 0 Å². The third kappa shape index (κ3) is 2.33. The Hall–Kier alpha value is -1.77. The Labute approximate surface area is 122 Å². The monoisotopic (exact) mass is 286 g/mol. The van der Waals surface area contributed by atoms with E-state index in [1.54, 1.807) is 6.07 Å². The van der Waals surface area contributed by atoms with Crippen LogP contribution in [0.5, 0.6) is 0 Å². The largest absolute Gasteiger partial charge is 0.458 e. The highest BCUT2D eigenvalue weighted by molar-refractivity contribution is 6.31. The molecule has 0 amide bonds. The summed E-state index contributed by atoms with van der Waals surface area (Å²) in [7, 11) is 0. The molecule has 0 aliphatic carbocycles. The minimum Gasteiger partial charge on any atom is -0.458 e. The summed E-state index contributed by atoms with van der Waals surface area (Å²) >= 11 is 6.10. The first kappa shape index (κ1) is 13.2. The van der Waals surface area contributed by atoms with Gasteiger partial charge in [0.05, 0.1) is 0 Å². The molecule has 0 radical (unpaired) electrons. The summed E-state index contributed by atoms with van der Waals surface area (Å²) in [5.41, 5.74) is 3.67. The van der Waals surface area contributed by atoms with Crippen LogP contribution in [0.25, 0.3) is 11.0 Å². The molecule has 2 aromatic carbocycles. The van der Waals surface area contributed by atoms with E-state index in [0.717, 1.165) is 27.7 Å². The Morgan fingerprint density at radius 2 is 1.85 bits per heavy atom. The Morgan fingerprint density at radius 3 is 2.60 bits per heavy atom. The summed E-state index contributed by atoms with van der Waals surface area (Å²) in [6.07, 6.45) is -0.805. The lowest BCUT2D eigenvalue weighted by Crippen LogP contribution is -1.98. The van der Waals surface area contributed by atoms with E-state index < -0.39 is 6.10 Å². The van der Waals surface area contributed by atoms with E-state index in [-0.39, 0.29) is 0 Å². The number of hydrogen-bond acceptors (Lipinski definition) is 2. The Bertz CT molecular complexity index is 774. The zero-order chi connectivity index (χ0) is 14.3. The van der Waals surface area contributed by atoms with Crippen LogP contribution < -0.4 is 0 Å². The highest BCUT2D eigenvalue weighted by Crippen LogP contribution is 2.30. The predicted molar refractivity (Wildman–Crippen MR) is 81.2 cm³/mol. The van der Waals surface area contributed by atoms with Gasteiger partial charge in [-0.25, -0.2) is 0 Å². The van der Waals surface area contributed by atoms with E-state index in [1.807, 2.05) is 50.2 Å². The van der Waals surface area contributed by atoms with Crippen LogP contribution in [0.4, 0.5) is 0 Å². The van der Waals surface area contributed by atoms with Gasteiger partial charge in [0.2, 0.25) is 0 Å². The first-order valence-electron chi connectivity index (χ1n) is 6.49. The Morgan fingerprint density at radius 1 is 1.05 bits per heavy atom. The summed E-state index contributed by atoms with van der Waals surface area (Å²) in [5, 5.41) is 12.1. The Kier molecular flexibility index (Phi) is 3.28. The molecule has 0 bridgehead atoms. The first-order chi connectivity index (χ1) is 9.54. The average molecular weight is 287 g/mol. The van der Waals surface area contributed by atoms with Gasteiger partial charge in [-0.2, -0.15) is 0 Å². The summed E-state index contributed by atoms with van der Waals surface area (Å²) in [6.45, 7) is 3.96. The molecule has 1 atom stereocenters. The molecule has 0 aliphatic rings. The SMILES string of the molecule is Cc1ccc2oc(C(O)c3ccc(C)c(Cl)c3)cc2c1. The fourth-order valence-corrected chi connectivity index (χ4v) is 2.45. The van der Waals surface area contributed by atoms with E-state index in [4.69, 9.17) is 16.0 Å². The molecule has 3 heteroatoms. The second-order valence-electron chi connectivity index (χ2n) is 5.10. The quantitative estimate of drug-likeness (QED) is 0.735. The van der Waals surface area contributed by atoms with Crippen LogP contribution in [0.3, 0.4) is 0 Å². The number of benzene rings is 2. The molecule has 0 fully saturated rings. The van der Waals surface area contributed by atoms with Crippen LogP contribution in [-0.4, -0.2) is 5.11 Å². The van der Waals surface area contributed by atoms with Crippen molar-refractivity contribution in [3.8, 4) is 0 Å². The van der Waals surface area contributed by atoms with Gasteiger partial charge in [-0.1, -0.05) is 35.4 Å². The van der Waals surface area contributed by atoms with Crippen molar-refractivity contribution in [1.82, 2.24) is 0 Å². The van der Waals surface area contributed by atoms with Crippen molar-refractivity contribution < 1.29 is 9.52 Å². The lowest BCUT2D eigenvalue weighted by molar-refractivity contribution is 0.192. The topological polar surface area (TPSA) is 33.4 Å². The fraction of sp³-hybridized carbons (Fsp3) is 0.176. The van der Waals surface area contributed by atoms with E-state index in [9.17, 15) is 5.11 Å². The summed E-state index contributed by atoms with van der Waals surface area (Å²) < 4.78 is 5.72. The third-order valence-electron chi connectivity index (χ3n) is 3.47. The molecule has 1 heterocycles. The van der Waals surface area contributed by atoms with Gasteiger partial charge in [0.1, 0.15) is 17.4 Å². The lowest BCUT2D eigenvalue weighted by atomic mass is 10.1. The molecule has 20 heavy (non-hydrogen) atoms. The number of aliphatic hydroxyl groups is 1. The van der Waals surface area contributed by atoms with E-state index in [0.29, 0.717) is 10.8 Å². The molecule has 0 spiro atoms. The number of aryl methyl sites for hydroxylation is 2. The molecule has 2 nitrogen and oxygen atoms in total. The maximum absolute atomic E-state index is 10.4. The Balaban J connectivity index is 2.02. The van der Waals surface area contributed by atoms with Crippen LogP contribution in [-0.2, 0) is 0 Å². The van der Waals surface area contributed by atoms with Gasteiger partial charge in [0.25, 0.3) is 0 Å². The molecule has 0 saturated carbocycles. The fourth-order valence-electron chi connectivity index (χ4n) is 2.26. The zero-order valence-electron chi connectivity index (χ0n) is 11.4. The van der Waals surface area contributed by atoms with Gasteiger partial charge in [-0.05, 0) is 49.2 Å². The molecule has 1 aromatic heterocycles. The molecular formula is C17H15ClO2. The van der Waals surface area contributed by atoms with Crippen molar-refractivity contribution in [2.24, 2.45) is 0 Å². The lowest BCUT2D eigenvalue weighted by Gasteiger charge is -2.09.